The lowest BCUT2D eigenvalue weighted by Crippen LogP contribution is -2.44. The molecule has 1 aromatic heterocycles. The monoisotopic (exact) mass is 396 g/mol. The van der Waals surface area contributed by atoms with Crippen LogP contribution in [0.25, 0.3) is 10.9 Å². The number of aryl methyl sites for hydroxylation is 2. The van der Waals surface area contributed by atoms with Crippen LogP contribution in [-0.4, -0.2) is 21.8 Å². The molecule has 0 bridgehead atoms. The molecule has 0 aliphatic carbocycles. The Bertz CT molecular complexity index is 976. The number of thiocarbonyl (C=S) groups is 1. The quantitative estimate of drug-likeness (QED) is 0.352. The largest absolute Gasteiger partial charge is 0.331 e. The van der Waals surface area contributed by atoms with E-state index < -0.39 is 0 Å². The summed E-state index contributed by atoms with van der Waals surface area (Å²) in [5.41, 5.74) is 9.44. The minimum Gasteiger partial charge on any atom is -0.331 e. The Labute approximate surface area is 167 Å². The molecular formula is C20H20N4OS2. The van der Waals surface area contributed by atoms with Gasteiger partial charge in [-0.3, -0.25) is 15.6 Å². The van der Waals surface area contributed by atoms with Crippen LogP contribution in [0.2, 0.25) is 0 Å². The average molecular weight is 397 g/mol. The number of nitrogens with zero attached hydrogens (tertiary/aromatic N) is 1. The van der Waals surface area contributed by atoms with Gasteiger partial charge in [-0.15, -0.1) is 0 Å². The van der Waals surface area contributed by atoms with Gasteiger partial charge in [0.25, 0.3) is 0 Å². The molecule has 0 radical (unpaired) electrons. The average Bonchev–Trinajstić information content (AvgIpc) is 2.66. The van der Waals surface area contributed by atoms with Crippen molar-refractivity contribution in [3.8, 4) is 0 Å². The van der Waals surface area contributed by atoms with Crippen molar-refractivity contribution in [1.82, 2.24) is 15.8 Å². The van der Waals surface area contributed by atoms with E-state index in [9.17, 15) is 4.79 Å². The second-order valence-electron chi connectivity index (χ2n) is 6.08. The zero-order chi connectivity index (χ0) is 19.2. The van der Waals surface area contributed by atoms with Gasteiger partial charge in [0, 0.05) is 11.1 Å². The summed E-state index contributed by atoms with van der Waals surface area (Å²) in [6.07, 6.45) is 0. The van der Waals surface area contributed by atoms with Crippen LogP contribution < -0.4 is 16.2 Å². The van der Waals surface area contributed by atoms with Crippen molar-refractivity contribution in [2.45, 2.75) is 18.9 Å². The van der Waals surface area contributed by atoms with E-state index in [0.29, 0.717) is 5.11 Å². The molecule has 0 unspecified atom stereocenters. The number of pyridine rings is 1. The third-order valence-corrected chi connectivity index (χ3v) is 4.96. The fourth-order valence-electron chi connectivity index (χ4n) is 2.54. The number of anilines is 1. The SMILES string of the molecule is Cc1ccc2nc(SCC(=O)NNC(=S)Nc3ccccc3)cc(C)c2c1. The van der Waals surface area contributed by atoms with Crippen LogP contribution >= 0.6 is 24.0 Å². The predicted molar refractivity (Wildman–Crippen MR) is 116 cm³/mol. The molecule has 3 rings (SSSR count). The molecule has 0 aliphatic heterocycles. The highest BCUT2D eigenvalue weighted by molar-refractivity contribution is 7.99. The minimum atomic E-state index is -0.180. The lowest BCUT2D eigenvalue weighted by Gasteiger charge is -2.11. The summed E-state index contributed by atoms with van der Waals surface area (Å²) >= 11 is 6.55. The second-order valence-corrected chi connectivity index (χ2v) is 7.48. The van der Waals surface area contributed by atoms with Crippen LogP contribution in [0.1, 0.15) is 11.1 Å². The van der Waals surface area contributed by atoms with Gasteiger partial charge in [0.2, 0.25) is 5.91 Å². The molecule has 0 aliphatic rings. The number of para-hydroxylation sites is 1. The zero-order valence-corrected chi connectivity index (χ0v) is 16.7. The molecule has 3 N–H and O–H groups in total. The maximum Gasteiger partial charge on any atom is 0.248 e. The van der Waals surface area contributed by atoms with Gasteiger partial charge in [0.1, 0.15) is 0 Å². The Hall–Kier alpha value is -2.64. The summed E-state index contributed by atoms with van der Waals surface area (Å²) in [6.45, 7) is 4.12. The maximum atomic E-state index is 12.1. The van der Waals surface area contributed by atoms with E-state index in [1.54, 1.807) is 0 Å². The van der Waals surface area contributed by atoms with Crippen LogP contribution in [0, 0.1) is 13.8 Å². The van der Waals surface area contributed by atoms with E-state index >= 15 is 0 Å². The third kappa shape index (κ3) is 5.42. The Kier molecular flexibility index (Phi) is 6.26. The van der Waals surface area contributed by atoms with E-state index in [4.69, 9.17) is 12.2 Å². The minimum absolute atomic E-state index is 0.180. The van der Waals surface area contributed by atoms with Crippen LogP contribution in [-0.2, 0) is 4.79 Å². The molecule has 0 fully saturated rings. The molecule has 138 valence electrons. The Morgan fingerprint density at radius 2 is 1.85 bits per heavy atom. The van der Waals surface area contributed by atoms with E-state index in [1.165, 1.54) is 17.3 Å². The van der Waals surface area contributed by atoms with Crippen molar-refractivity contribution < 1.29 is 4.79 Å². The summed E-state index contributed by atoms with van der Waals surface area (Å²) in [5.74, 6) is 0.0609. The van der Waals surface area contributed by atoms with Crippen molar-refractivity contribution in [2.24, 2.45) is 0 Å². The number of hydrogen-bond donors (Lipinski definition) is 3. The number of carbonyl (C=O) groups is 1. The fraction of sp³-hybridized carbons (Fsp3) is 0.150. The number of aromatic nitrogens is 1. The highest BCUT2D eigenvalue weighted by Gasteiger charge is 2.07. The lowest BCUT2D eigenvalue weighted by molar-refractivity contribution is -0.119. The molecule has 7 heteroatoms. The Morgan fingerprint density at radius 3 is 2.63 bits per heavy atom. The molecule has 27 heavy (non-hydrogen) atoms. The number of thioether (sulfide) groups is 1. The Morgan fingerprint density at radius 1 is 1.07 bits per heavy atom. The first-order chi connectivity index (χ1) is 13.0. The molecular weight excluding hydrogens is 376 g/mol. The van der Waals surface area contributed by atoms with Gasteiger partial charge in [-0.05, 0) is 62.0 Å². The van der Waals surface area contributed by atoms with E-state index in [0.717, 1.165) is 27.2 Å². The van der Waals surface area contributed by atoms with Crippen LogP contribution in [0.5, 0.6) is 0 Å². The van der Waals surface area contributed by atoms with Gasteiger partial charge in [0.15, 0.2) is 5.11 Å². The summed E-state index contributed by atoms with van der Waals surface area (Å²) in [7, 11) is 0. The molecule has 1 heterocycles. The smallest absolute Gasteiger partial charge is 0.248 e. The number of fused-ring (bicyclic) bond motifs is 1. The van der Waals surface area contributed by atoms with Crippen molar-refractivity contribution in [3.05, 3.63) is 65.7 Å². The van der Waals surface area contributed by atoms with Gasteiger partial charge < -0.3 is 5.32 Å². The molecule has 0 spiro atoms. The highest BCUT2D eigenvalue weighted by Crippen LogP contribution is 2.24. The number of hydrazine groups is 1. The molecule has 5 nitrogen and oxygen atoms in total. The summed E-state index contributed by atoms with van der Waals surface area (Å²) < 4.78 is 0. The zero-order valence-electron chi connectivity index (χ0n) is 15.1. The maximum absolute atomic E-state index is 12.1. The number of nitrogens with one attached hydrogen (secondary N) is 3. The molecule has 1 amide bonds. The summed E-state index contributed by atoms with van der Waals surface area (Å²) in [6, 6.07) is 17.7. The van der Waals surface area contributed by atoms with Crippen LogP contribution in [0.15, 0.2) is 59.6 Å². The van der Waals surface area contributed by atoms with Gasteiger partial charge >= 0.3 is 0 Å². The second kappa shape index (κ2) is 8.83. The first-order valence-corrected chi connectivity index (χ1v) is 9.82. The van der Waals surface area contributed by atoms with Crippen molar-refractivity contribution in [3.63, 3.8) is 0 Å². The van der Waals surface area contributed by atoms with Crippen molar-refractivity contribution in [2.75, 3.05) is 11.1 Å². The number of rotatable bonds is 4. The summed E-state index contributed by atoms with van der Waals surface area (Å²) in [4.78, 5) is 16.7. The first-order valence-electron chi connectivity index (χ1n) is 8.43. The van der Waals surface area contributed by atoms with Gasteiger partial charge in [-0.1, -0.05) is 41.6 Å². The molecule has 0 atom stereocenters. The van der Waals surface area contributed by atoms with Crippen LogP contribution in [0.4, 0.5) is 5.69 Å². The number of benzene rings is 2. The predicted octanol–water partition coefficient (Wildman–Crippen LogP) is 3.96. The normalized spacial score (nSPS) is 10.4. The van der Waals surface area contributed by atoms with E-state index in [-0.39, 0.29) is 11.7 Å². The van der Waals surface area contributed by atoms with Gasteiger partial charge in [-0.25, -0.2) is 4.98 Å². The number of hydrogen-bond acceptors (Lipinski definition) is 4. The summed E-state index contributed by atoms with van der Waals surface area (Å²) in [5, 5.41) is 5.28. The third-order valence-electron chi connectivity index (χ3n) is 3.85. The lowest BCUT2D eigenvalue weighted by atomic mass is 10.1. The van der Waals surface area contributed by atoms with E-state index in [1.807, 2.05) is 48.5 Å². The first kappa shape index (κ1) is 19.1. The van der Waals surface area contributed by atoms with Crippen molar-refractivity contribution >= 4 is 51.6 Å². The molecule has 0 saturated heterocycles. The molecule has 3 aromatic rings. The Balaban J connectivity index is 1.51. The topological polar surface area (TPSA) is 66.0 Å². The van der Waals surface area contributed by atoms with Crippen molar-refractivity contribution in [1.29, 1.82) is 0 Å². The number of carbonyl (C=O) groups excluding carboxylic acids is 1. The standard InChI is InChI=1S/C20H20N4OS2/c1-13-8-9-17-16(10-13)14(2)11-19(22-17)27-12-18(25)23-24-20(26)21-15-6-4-3-5-7-15/h3-11H,12H2,1-2H3,(H,23,25)(H2,21,24,26). The fourth-order valence-corrected chi connectivity index (χ4v) is 3.48. The van der Waals surface area contributed by atoms with Gasteiger partial charge in [0.05, 0.1) is 16.3 Å². The molecule has 0 saturated carbocycles. The number of amides is 1. The van der Waals surface area contributed by atoms with Gasteiger partial charge in [-0.2, -0.15) is 0 Å². The highest BCUT2D eigenvalue weighted by atomic mass is 32.2. The van der Waals surface area contributed by atoms with Crippen LogP contribution in [0.3, 0.4) is 0 Å². The van der Waals surface area contributed by atoms with E-state index in [2.05, 4.69) is 41.1 Å². The molecule has 2 aromatic carbocycles.